The van der Waals surface area contributed by atoms with E-state index in [4.69, 9.17) is 0 Å². The maximum atomic E-state index is 12.2. The number of amides is 2. The minimum absolute atomic E-state index is 0.0347. The second-order valence-electron chi connectivity index (χ2n) is 5.67. The molecular weight excluding hydrogens is 230 g/mol. The highest BCUT2D eigenvalue weighted by Gasteiger charge is 2.29. The summed E-state index contributed by atoms with van der Waals surface area (Å²) in [4.78, 5) is 25.3. The van der Waals surface area contributed by atoms with E-state index in [9.17, 15) is 9.59 Å². The highest BCUT2D eigenvalue weighted by atomic mass is 16.2. The fraction of sp³-hybridized carbons (Fsp3) is 0.846. The van der Waals surface area contributed by atoms with E-state index in [0.29, 0.717) is 12.0 Å². The van der Waals surface area contributed by atoms with Crippen molar-refractivity contribution in [3.05, 3.63) is 0 Å². The Hall–Kier alpha value is -1.10. The molecule has 2 atom stereocenters. The summed E-state index contributed by atoms with van der Waals surface area (Å²) in [5, 5.41) is 6.13. The second-order valence-corrected chi connectivity index (χ2v) is 5.67. The Balaban J connectivity index is 1.77. The average molecular weight is 253 g/mol. The van der Waals surface area contributed by atoms with Crippen LogP contribution < -0.4 is 10.6 Å². The summed E-state index contributed by atoms with van der Waals surface area (Å²) in [6.45, 7) is 3.22. The van der Waals surface area contributed by atoms with Gasteiger partial charge in [-0.25, -0.2) is 0 Å². The number of nitrogens with zero attached hydrogens (tertiary/aromatic N) is 1. The first-order valence-electron chi connectivity index (χ1n) is 6.84. The van der Waals surface area contributed by atoms with Crippen molar-refractivity contribution >= 4 is 11.8 Å². The van der Waals surface area contributed by atoms with Gasteiger partial charge >= 0.3 is 0 Å². The Morgan fingerprint density at radius 3 is 2.67 bits per heavy atom. The van der Waals surface area contributed by atoms with E-state index in [1.807, 2.05) is 0 Å². The summed E-state index contributed by atoms with van der Waals surface area (Å²) in [7, 11) is 1.70. The van der Waals surface area contributed by atoms with E-state index in [1.54, 1.807) is 7.05 Å². The van der Waals surface area contributed by atoms with Crippen molar-refractivity contribution in [1.29, 1.82) is 0 Å². The van der Waals surface area contributed by atoms with Gasteiger partial charge in [0.15, 0.2) is 0 Å². The molecule has 0 aromatic heterocycles. The predicted octanol–water partition coefficient (Wildman–Crippen LogP) is 0.112. The van der Waals surface area contributed by atoms with Crippen LogP contribution in [0.25, 0.3) is 0 Å². The summed E-state index contributed by atoms with van der Waals surface area (Å²) >= 11 is 0. The van der Waals surface area contributed by atoms with Crippen molar-refractivity contribution in [3.63, 3.8) is 0 Å². The number of carbonyl (C=O) groups excluding carboxylic acids is 2. The van der Waals surface area contributed by atoms with Crippen molar-refractivity contribution in [2.24, 2.45) is 5.92 Å². The Kier molecular flexibility index (Phi) is 4.22. The molecule has 102 valence electrons. The van der Waals surface area contributed by atoms with Crippen LogP contribution in [0.1, 0.15) is 32.6 Å². The zero-order valence-electron chi connectivity index (χ0n) is 11.2. The molecule has 1 saturated heterocycles. The van der Waals surface area contributed by atoms with Crippen LogP contribution in [-0.2, 0) is 9.59 Å². The van der Waals surface area contributed by atoms with Gasteiger partial charge in [-0.2, -0.15) is 0 Å². The van der Waals surface area contributed by atoms with Crippen LogP contribution in [-0.4, -0.2) is 48.9 Å². The smallest absolute Gasteiger partial charge is 0.239 e. The first-order chi connectivity index (χ1) is 8.56. The number of nitrogens with one attached hydrogen (secondary N) is 2. The normalized spacial score (nSPS) is 27.7. The first kappa shape index (κ1) is 13.3. The van der Waals surface area contributed by atoms with E-state index in [1.165, 1.54) is 4.90 Å². The van der Waals surface area contributed by atoms with Crippen LogP contribution in [0.2, 0.25) is 0 Å². The average Bonchev–Trinajstić information content (AvgIpc) is 3.11. The minimum atomic E-state index is -0.118. The van der Waals surface area contributed by atoms with E-state index < -0.39 is 0 Å². The summed E-state index contributed by atoms with van der Waals surface area (Å²) < 4.78 is 0. The minimum Gasteiger partial charge on any atom is -0.352 e. The number of hydrogen-bond acceptors (Lipinski definition) is 3. The van der Waals surface area contributed by atoms with Crippen molar-refractivity contribution < 1.29 is 9.59 Å². The van der Waals surface area contributed by atoms with Crippen LogP contribution in [0.3, 0.4) is 0 Å². The number of carbonyl (C=O) groups is 2. The summed E-state index contributed by atoms with van der Waals surface area (Å²) in [5.41, 5.74) is 0. The summed E-state index contributed by atoms with van der Waals surface area (Å²) in [6, 6.07) is 0.237. The van der Waals surface area contributed by atoms with Gasteiger partial charge in [0.05, 0.1) is 12.6 Å². The predicted molar refractivity (Wildman–Crippen MR) is 69.0 cm³/mol. The van der Waals surface area contributed by atoms with Gasteiger partial charge in [0.25, 0.3) is 0 Å². The number of piperidine rings is 1. The van der Waals surface area contributed by atoms with Gasteiger partial charge in [0.2, 0.25) is 11.8 Å². The van der Waals surface area contributed by atoms with Gasteiger partial charge in [-0.3, -0.25) is 9.59 Å². The maximum absolute atomic E-state index is 12.2. The molecule has 1 aliphatic heterocycles. The molecule has 2 aliphatic rings. The monoisotopic (exact) mass is 253 g/mol. The molecule has 1 saturated carbocycles. The molecule has 1 heterocycles. The molecule has 0 radical (unpaired) electrons. The molecule has 2 unspecified atom stereocenters. The van der Waals surface area contributed by atoms with Crippen LogP contribution >= 0.6 is 0 Å². The molecule has 2 N–H and O–H groups in total. The largest absolute Gasteiger partial charge is 0.352 e. The maximum Gasteiger partial charge on any atom is 0.239 e. The van der Waals surface area contributed by atoms with Gasteiger partial charge < -0.3 is 15.5 Å². The van der Waals surface area contributed by atoms with E-state index >= 15 is 0 Å². The molecule has 0 bridgehead atoms. The Morgan fingerprint density at radius 2 is 2.06 bits per heavy atom. The van der Waals surface area contributed by atoms with Crippen molar-refractivity contribution in [1.82, 2.24) is 15.5 Å². The first-order valence-corrected chi connectivity index (χ1v) is 6.84. The van der Waals surface area contributed by atoms with Crippen molar-refractivity contribution in [3.8, 4) is 0 Å². The SMILES string of the molecule is CC1CCNC(C(=O)N(C)CC(=O)NC2CC2)C1. The summed E-state index contributed by atoms with van der Waals surface area (Å²) in [5.74, 6) is 0.568. The quantitative estimate of drug-likeness (QED) is 0.747. The molecule has 0 spiro atoms. The molecule has 18 heavy (non-hydrogen) atoms. The number of rotatable bonds is 4. The fourth-order valence-corrected chi connectivity index (χ4v) is 2.36. The molecular formula is C13H23N3O2. The third kappa shape index (κ3) is 3.70. The number of hydrogen-bond donors (Lipinski definition) is 2. The van der Waals surface area contributed by atoms with Gasteiger partial charge in [-0.15, -0.1) is 0 Å². The standard InChI is InChI=1S/C13H23N3O2/c1-9-5-6-14-11(7-9)13(18)16(2)8-12(17)15-10-3-4-10/h9-11,14H,3-8H2,1-2H3,(H,15,17). The fourth-order valence-electron chi connectivity index (χ4n) is 2.36. The third-order valence-electron chi connectivity index (χ3n) is 3.66. The third-order valence-corrected chi connectivity index (χ3v) is 3.66. The molecule has 1 aliphatic carbocycles. The van der Waals surface area contributed by atoms with Crippen LogP contribution in [0.5, 0.6) is 0 Å². The lowest BCUT2D eigenvalue weighted by Crippen LogP contribution is -2.51. The van der Waals surface area contributed by atoms with Crippen LogP contribution in [0.15, 0.2) is 0 Å². The summed E-state index contributed by atoms with van der Waals surface area (Å²) in [6.07, 6.45) is 4.14. The van der Waals surface area contributed by atoms with Gasteiger partial charge in [-0.05, 0) is 38.1 Å². The zero-order chi connectivity index (χ0) is 13.1. The molecule has 5 nitrogen and oxygen atoms in total. The topological polar surface area (TPSA) is 61.4 Å². The van der Waals surface area contributed by atoms with Crippen LogP contribution in [0, 0.1) is 5.92 Å². The Bertz CT molecular complexity index is 328. The molecule has 0 aromatic rings. The zero-order valence-corrected chi connectivity index (χ0v) is 11.2. The Morgan fingerprint density at radius 1 is 1.33 bits per heavy atom. The highest BCUT2D eigenvalue weighted by molar-refractivity contribution is 5.87. The van der Waals surface area contributed by atoms with Crippen molar-refractivity contribution in [2.45, 2.75) is 44.7 Å². The molecule has 2 amide bonds. The molecule has 2 rings (SSSR count). The van der Waals surface area contributed by atoms with Crippen LogP contribution in [0.4, 0.5) is 0 Å². The molecule has 5 heteroatoms. The van der Waals surface area contributed by atoms with E-state index in [2.05, 4.69) is 17.6 Å². The van der Waals surface area contributed by atoms with E-state index in [0.717, 1.165) is 32.2 Å². The number of likely N-dealkylation sites (N-methyl/N-ethyl adjacent to an activating group) is 1. The second kappa shape index (κ2) is 5.69. The van der Waals surface area contributed by atoms with Gasteiger partial charge in [0.1, 0.15) is 0 Å². The molecule has 0 aromatic carbocycles. The van der Waals surface area contributed by atoms with Gasteiger partial charge in [0, 0.05) is 13.1 Å². The van der Waals surface area contributed by atoms with Crippen molar-refractivity contribution in [2.75, 3.05) is 20.1 Å². The molecule has 2 fully saturated rings. The lowest BCUT2D eigenvalue weighted by Gasteiger charge is -2.30. The van der Waals surface area contributed by atoms with E-state index in [-0.39, 0.29) is 24.4 Å². The highest BCUT2D eigenvalue weighted by Crippen LogP contribution is 2.18. The lowest BCUT2D eigenvalue weighted by molar-refractivity contribution is -0.137. The van der Waals surface area contributed by atoms with Gasteiger partial charge in [-0.1, -0.05) is 6.92 Å². The Labute approximate surface area is 108 Å². The lowest BCUT2D eigenvalue weighted by atomic mass is 9.93.